The van der Waals surface area contributed by atoms with Crippen LogP contribution in [0.15, 0.2) is 18.2 Å². The standard InChI is InChI=1S/C12H21B2N3O7S/c1-13(18)15-10-5-4-9(12(7-10)17(20)21)6-11(16-14(2)19)8-24-25(3,22)23/h4-5,7,11,15-16,18-19H,6,8H2,1-3H3. The molecule has 1 unspecified atom stereocenters. The third-order valence-electron chi connectivity index (χ3n) is 3.08. The molecule has 0 spiro atoms. The Morgan fingerprint density at radius 1 is 1.32 bits per heavy atom. The van der Waals surface area contributed by atoms with Crippen molar-refractivity contribution in [2.24, 2.45) is 0 Å². The lowest BCUT2D eigenvalue weighted by molar-refractivity contribution is -0.385. The first-order valence-electron chi connectivity index (χ1n) is 7.48. The summed E-state index contributed by atoms with van der Waals surface area (Å²) in [7, 11) is -5.52. The molecule has 0 fully saturated rings. The van der Waals surface area contributed by atoms with E-state index in [-0.39, 0.29) is 18.7 Å². The topological polar surface area (TPSA) is 151 Å². The van der Waals surface area contributed by atoms with Crippen LogP contribution in [0.2, 0.25) is 13.6 Å². The number of hydrogen-bond donors (Lipinski definition) is 4. The minimum atomic E-state index is -3.69. The van der Waals surface area contributed by atoms with E-state index in [0.717, 1.165) is 6.26 Å². The average Bonchev–Trinajstić information content (AvgIpc) is 2.44. The van der Waals surface area contributed by atoms with Gasteiger partial charge in [-0.1, -0.05) is 6.07 Å². The molecule has 1 atom stereocenters. The fourth-order valence-electron chi connectivity index (χ4n) is 2.22. The second-order valence-corrected chi connectivity index (χ2v) is 7.30. The zero-order valence-electron chi connectivity index (χ0n) is 14.2. The normalized spacial score (nSPS) is 12.5. The van der Waals surface area contributed by atoms with Gasteiger partial charge in [0.2, 0.25) is 0 Å². The second kappa shape index (κ2) is 9.15. The molecule has 0 aliphatic heterocycles. The summed E-state index contributed by atoms with van der Waals surface area (Å²) in [4.78, 5) is 10.7. The number of rotatable bonds is 10. The van der Waals surface area contributed by atoms with Crippen molar-refractivity contribution < 1.29 is 27.6 Å². The maximum Gasteiger partial charge on any atom is 0.406 e. The number of nitro benzene ring substituents is 1. The molecule has 0 amide bonds. The highest BCUT2D eigenvalue weighted by atomic mass is 32.2. The third-order valence-corrected chi connectivity index (χ3v) is 3.65. The van der Waals surface area contributed by atoms with E-state index in [1.54, 1.807) is 6.07 Å². The van der Waals surface area contributed by atoms with Crippen molar-refractivity contribution in [3.05, 3.63) is 33.9 Å². The molecule has 0 radical (unpaired) electrons. The first-order valence-corrected chi connectivity index (χ1v) is 9.30. The minimum Gasteiger partial charge on any atom is -0.437 e. The molecule has 10 nitrogen and oxygen atoms in total. The van der Waals surface area contributed by atoms with E-state index in [4.69, 9.17) is 4.18 Å². The van der Waals surface area contributed by atoms with Crippen molar-refractivity contribution in [3.63, 3.8) is 0 Å². The van der Waals surface area contributed by atoms with Gasteiger partial charge >= 0.3 is 14.1 Å². The molecule has 138 valence electrons. The molecule has 1 rings (SSSR count). The van der Waals surface area contributed by atoms with E-state index in [1.807, 2.05) is 0 Å². The van der Waals surface area contributed by atoms with Crippen molar-refractivity contribution in [3.8, 4) is 0 Å². The molecule has 4 N–H and O–H groups in total. The Morgan fingerprint density at radius 3 is 2.44 bits per heavy atom. The summed E-state index contributed by atoms with van der Waals surface area (Å²) in [6, 6.07) is 3.68. The Hall–Kier alpha value is -1.66. The molecule has 0 saturated carbocycles. The van der Waals surface area contributed by atoms with Crippen LogP contribution in [0.25, 0.3) is 0 Å². The SMILES string of the molecule is CB(O)Nc1ccc(CC(COS(C)(=O)=O)NB(C)O)c([N+](=O)[O-])c1. The van der Waals surface area contributed by atoms with Crippen LogP contribution in [0, 0.1) is 10.1 Å². The lowest BCUT2D eigenvalue weighted by Crippen LogP contribution is -2.44. The number of benzene rings is 1. The van der Waals surface area contributed by atoms with Gasteiger partial charge in [-0.25, -0.2) is 0 Å². The fraction of sp³-hybridized carbons (Fsp3) is 0.500. The van der Waals surface area contributed by atoms with Crippen molar-refractivity contribution in [2.75, 3.05) is 18.1 Å². The van der Waals surface area contributed by atoms with Crippen molar-refractivity contribution in [1.29, 1.82) is 0 Å². The highest BCUT2D eigenvalue weighted by Crippen LogP contribution is 2.25. The van der Waals surface area contributed by atoms with Crippen LogP contribution < -0.4 is 10.5 Å². The first-order chi connectivity index (χ1) is 11.5. The zero-order valence-corrected chi connectivity index (χ0v) is 15.0. The summed E-state index contributed by atoms with van der Waals surface area (Å²) in [5, 5.41) is 35.4. The highest BCUT2D eigenvalue weighted by molar-refractivity contribution is 7.85. The first kappa shape index (κ1) is 21.4. The van der Waals surface area contributed by atoms with Gasteiger partial charge < -0.3 is 20.5 Å². The third kappa shape index (κ3) is 8.31. The van der Waals surface area contributed by atoms with Gasteiger partial charge in [-0.3, -0.25) is 14.3 Å². The number of nitrogens with zero attached hydrogens (tertiary/aromatic N) is 1. The molecular weight excluding hydrogens is 352 g/mol. The number of nitrogens with one attached hydrogen (secondary N) is 2. The van der Waals surface area contributed by atoms with E-state index < -0.39 is 35.2 Å². The van der Waals surface area contributed by atoms with Crippen LogP contribution in [0.1, 0.15) is 5.56 Å². The lowest BCUT2D eigenvalue weighted by Gasteiger charge is -2.19. The van der Waals surface area contributed by atoms with Gasteiger partial charge in [0.15, 0.2) is 0 Å². The van der Waals surface area contributed by atoms with E-state index in [1.165, 1.54) is 25.8 Å². The van der Waals surface area contributed by atoms with Crippen LogP contribution in [0.4, 0.5) is 11.4 Å². The molecule has 1 aromatic carbocycles. The number of anilines is 1. The van der Waals surface area contributed by atoms with Gasteiger partial charge in [0, 0.05) is 23.4 Å². The fourth-order valence-corrected chi connectivity index (χ4v) is 2.63. The van der Waals surface area contributed by atoms with E-state index in [2.05, 4.69) is 10.5 Å². The van der Waals surface area contributed by atoms with Crippen LogP contribution in [-0.4, -0.2) is 56.4 Å². The van der Waals surface area contributed by atoms with Crippen LogP contribution in [-0.2, 0) is 20.7 Å². The minimum absolute atomic E-state index is 0.0612. The summed E-state index contributed by atoms with van der Waals surface area (Å²) >= 11 is 0. The number of nitro groups is 1. The van der Waals surface area contributed by atoms with Gasteiger partial charge in [-0.05, 0) is 26.1 Å². The maximum absolute atomic E-state index is 11.3. The van der Waals surface area contributed by atoms with E-state index >= 15 is 0 Å². The van der Waals surface area contributed by atoms with Gasteiger partial charge in [-0.15, -0.1) is 0 Å². The van der Waals surface area contributed by atoms with E-state index in [0.29, 0.717) is 11.3 Å². The maximum atomic E-state index is 11.3. The van der Waals surface area contributed by atoms with Gasteiger partial charge in [-0.2, -0.15) is 8.42 Å². The van der Waals surface area contributed by atoms with E-state index in [9.17, 15) is 28.6 Å². The summed E-state index contributed by atoms with van der Waals surface area (Å²) in [5.74, 6) is 0. The predicted molar refractivity (Wildman–Crippen MR) is 95.8 cm³/mol. The molecule has 0 aliphatic rings. The molecule has 1 aromatic rings. The Kier molecular flexibility index (Phi) is 7.83. The van der Waals surface area contributed by atoms with Gasteiger partial charge in [0.05, 0.1) is 17.8 Å². The Bertz CT molecular complexity index is 700. The quantitative estimate of drug-likeness (QED) is 0.188. The smallest absolute Gasteiger partial charge is 0.406 e. The molecule has 25 heavy (non-hydrogen) atoms. The molecule has 0 aliphatic carbocycles. The Morgan fingerprint density at radius 2 is 1.96 bits per heavy atom. The molecule has 0 aromatic heterocycles. The van der Waals surface area contributed by atoms with Gasteiger partial charge in [0.1, 0.15) is 0 Å². The van der Waals surface area contributed by atoms with Crippen molar-refractivity contribution >= 4 is 35.6 Å². The average molecular weight is 373 g/mol. The van der Waals surface area contributed by atoms with Crippen LogP contribution in [0.3, 0.4) is 0 Å². The Labute approximate surface area is 147 Å². The number of hydrogen-bond acceptors (Lipinski definition) is 9. The molecule has 0 saturated heterocycles. The van der Waals surface area contributed by atoms with Gasteiger partial charge in [0.25, 0.3) is 15.8 Å². The Balaban J connectivity index is 3.03. The summed E-state index contributed by atoms with van der Waals surface area (Å²) < 4.78 is 27.0. The van der Waals surface area contributed by atoms with Crippen LogP contribution in [0.5, 0.6) is 0 Å². The molecule has 13 heteroatoms. The molecule has 0 heterocycles. The highest BCUT2D eigenvalue weighted by Gasteiger charge is 2.22. The van der Waals surface area contributed by atoms with Crippen LogP contribution >= 0.6 is 0 Å². The monoisotopic (exact) mass is 373 g/mol. The van der Waals surface area contributed by atoms with Crippen molar-refractivity contribution in [2.45, 2.75) is 26.1 Å². The second-order valence-electron chi connectivity index (χ2n) is 5.65. The lowest BCUT2D eigenvalue weighted by atomic mass is 9.86. The zero-order chi connectivity index (χ0) is 19.2. The van der Waals surface area contributed by atoms with Crippen molar-refractivity contribution in [1.82, 2.24) is 5.23 Å². The predicted octanol–water partition coefficient (Wildman–Crippen LogP) is -0.296. The summed E-state index contributed by atoms with van der Waals surface area (Å²) in [6.07, 6.45) is 0.955. The largest absolute Gasteiger partial charge is 0.437 e. The summed E-state index contributed by atoms with van der Waals surface area (Å²) in [5.41, 5.74) is 0.511. The molecule has 0 bridgehead atoms. The summed E-state index contributed by atoms with van der Waals surface area (Å²) in [6.45, 7) is 2.64. The molecular formula is C12H21B2N3O7S.